The molecule has 0 aliphatic heterocycles. The van der Waals surface area contributed by atoms with Gasteiger partial charge in [0.15, 0.2) is 11.6 Å². The van der Waals surface area contributed by atoms with Crippen molar-refractivity contribution >= 4 is 23.3 Å². The maximum Gasteiger partial charge on any atom is 0.151 e. The van der Waals surface area contributed by atoms with Crippen molar-refractivity contribution in [3.05, 3.63) is 88.7 Å². The number of rotatable bonds is 5. The van der Waals surface area contributed by atoms with Crippen molar-refractivity contribution in [2.45, 2.75) is 27.2 Å². The number of aryl methyl sites for hydroxylation is 2. The van der Waals surface area contributed by atoms with Gasteiger partial charge in [0.2, 0.25) is 0 Å². The molecule has 0 N–H and O–H groups in total. The second-order valence-corrected chi connectivity index (χ2v) is 6.59. The standard InChI is InChI=1S/C23H21F2N3/c1-15-10-11-16(2)22(14-15)27-17(3)21-9-4-6-18(28-21)12-13-26-23-19(24)7-5-8-20(23)25/h4-11,13-14H,12H2,1-3H3. The lowest BCUT2D eigenvalue weighted by Gasteiger charge is -2.06. The van der Waals surface area contributed by atoms with Crippen LogP contribution in [0.1, 0.15) is 29.4 Å². The van der Waals surface area contributed by atoms with Crippen LogP contribution in [0.25, 0.3) is 0 Å². The van der Waals surface area contributed by atoms with Crippen LogP contribution in [0.5, 0.6) is 0 Å². The maximum atomic E-state index is 13.6. The highest BCUT2D eigenvalue weighted by molar-refractivity contribution is 5.98. The fraction of sp³-hybridized carbons (Fsp3) is 0.174. The SMILES string of the molecule is CC(=Nc1cc(C)ccc1C)c1cccc(CC=Nc2c(F)cccc2F)n1. The first kappa shape index (κ1) is 19.5. The van der Waals surface area contributed by atoms with Gasteiger partial charge >= 0.3 is 0 Å². The van der Waals surface area contributed by atoms with Crippen LogP contribution >= 0.6 is 0 Å². The molecule has 0 amide bonds. The molecule has 0 fully saturated rings. The van der Waals surface area contributed by atoms with Crippen LogP contribution in [-0.2, 0) is 6.42 Å². The van der Waals surface area contributed by atoms with Gasteiger partial charge in [-0.25, -0.2) is 8.78 Å². The van der Waals surface area contributed by atoms with Gasteiger partial charge in [-0.2, -0.15) is 0 Å². The van der Waals surface area contributed by atoms with Crippen molar-refractivity contribution in [2.75, 3.05) is 0 Å². The highest BCUT2D eigenvalue weighted by Crippen LogP contribution is 2.22. The Labute approximate surface area is 163 Å². The van der Waals surface area contributed by atoms with Gasteiger partial charge in [-0.05, 0) is 62.2 Å². The molecule has 3 aromatic rings. The van der Waals surface area contributed by atoms with Gasteiger partial charge in [-0.1, -0.05) is 24.3 Å². The van der Waals surface area contributed by atoms with Gasteiger partial charge in [-0.15, -0.1) is 0 Å². The van der Waals surface area contributed by atoms with Crippen molar-refractivity contribution < 1.29 is 8.78 Å². The zero-order valence-electron chi connectivity index (χ0n) is 16.1. The van der Waals surface area contributed by atoms with Crippen molar-refractivity contribution in [1.29, 1.82) is 0 Å². The number of nitrogens with zero attached hydrogens (tertiary/aromatic N) is 3. The average molecular weight is 377 g/mol. The van der Waals surface area contributed by atoms with E-state index in [0.29, 0.717) is 6.42 Å². The highest BCUT2D eigenvalue weighted by Gasteiger charge is 2.06. The Morgan fingerprint density at radius 1 is 1.00 bits per heavy atom. The van der Waals surface area contributed by atoms with Gasteiger partial charge in [0.1, 0.15) is 5.69 Å². The smallest absolute Gasteiger partial charge is 0.151 e. The van der Waals surface area contributed by atoms with Crippen LogP contribution < -0.4 is 0 Å². The fourth-order valence-corrected chi connectivity index (χ4v) is 2.72. The van der Waals surface area contributed by atoms with Gasteiger partial charge in [0, 0.05) is 18.3 Å². The third-order valence-electron chi connectivity index (χ3n) is 4.29. The molecule has 1 aromatic heterocycles. The van der Waals surface area contributed by atoms with Crippen molar-refractivity contribution in [3.8, 4) is 0 Å². The van der Waals surface area contributed by atoms with E-state index in [9.17, 15) is 8.78 Å². The van der Waals surface area contributed by atoms with Gasteiger partial charge in [-0.3, -0.25) is 15.0 Å². The lowest BCUT2D eigenvalue weighted by Crippen LogP contribution is -2.02. The summed E-state index contributed by atoms with van der Waals surface area (Å²) in [6, 6.07) is 15.4. The molecule has 0 aliphatic carbocycles. The summed E-state index contributed by atoms with van der Waals surface area (Å²) in [7, 11) is 0. The van der Waals surface area contributed by atoms with Crippen LogP contribution in [0.3, 0.4) is 0 Å². The molecule has 0 saturated carbocycles. The molecule has 142 valence electrons. The monoisotopic (exact) mass is 377 g/mol. The minimum Gasteiger partial charge on any atom is -0.255 e. The first-order valence-corrected chi connectivity index (χ1v) is 8.99. The van der Waals surface area contributed by atoms with E-state index in [-0.39, 0.29) is 5.69 Å². The van der Waals surface area contributed by atoms with E-state index in [2.05, 4.69) is 16.0 Å². The minimum atomic E-state index is -0.686. The van der Waals surface area contributed by atoms with Gasteiger partial charge in [0.05, 0.1) is 17.1 Å². The molecule has 0 atom stereocenters. The van der Waals surface area contributed by atoms with Crippen molar-refractivity contribution in [3.63, 3.8) is 0 Å². The molecule has 0 radical (unpaired) electrons. The van der Waals surface area contributed by atoms with Crippen LogP contribution in [0, 0.1) is 25.5 Å². The Balaban J connectivity index is 1.79. The number of hydrogen-bond acceptors (Lipinski definition) is 3. The van der Waals surface area contributed by atoms with Gasteiger partial charge < -0.3 is 0 Å². The van der Waals surface area contributed by atoms with E-state index < -0.39 is 11.6 Å². The summed E-state index contributed by atoms with van der Waals surface area (Å²) in [6.07, 6.45) is 1.82. The number of pyridine rings is 1. The quantitative estimate of drug-likeness (QED) is 0.498. The Kier molecular flexibility index (Phi) is 6.04. The van der Waals surface area contributed by atoms with Crippen LogP contribution in [-0.4, -0.2) is 16.9 Å². The average Bonchev–Trinajstić information content (AvgIpc) is 2.67. The predicted molar refractivity (Wildman–Crippen MR) is 110 cm³/mol. The molecule has 0 bridgehead atoms. The molecule has 0 aliphatic rings. The highest BCUT2D eigenvalue weighted by atomic mass is 19.1. The molecule has 0 unspecified atom stereocenters. The predicted octanol–water partition coefficient (Wildman–Crippen LogP) is 6.06. The van der Waals surface area contributed by atoms with E-state index >= 15 is 0 Å². The molecule has 5 heteroatoms. The molecule has 0 saturated heterocycles. The molecule has 28 heavy (non-hydrogen) atoms. The van der Waals surface area contributed by atoms with E-state index in [1.54, 1.807) is 0 Å². The van der Waals surface area contributed by atoms with Crippen LogP contribution in [0.4, 0.5) is 20.2 Å². The molecule has 2 aromatic carbocycles. The number of halogens is 2. The second-order valence-electron chi connectivity index (χ2n) is 6.59. The van der Waals surface area contributed by atoms with E-state index in [0.717, 1.165) is 33.9 Å². The molecule has 1 heterocycles. The zero-order valence-corrected chi connectivity index (χ0v) is 16.1. The number of hydrogen-bond donors (Lipinski definition) is 0. The van der Waals surface area contributed by atoms with E-state index in [1.807, 2.05) is 51.1 Å². The summed E-state index contributed by atoms with van der Waals surface area (Å²) in [5, 5.41) is 0. The van der Waals surface area contributed by atoms with Gasteiger partial charge in [0.25, 0.3) is 0 Å². The maximum absolute atomic E-state index is 13.6. The summed E-state index contributed by atoms with van der Waals surface area (Å²) >= 11 is 0. The minimum absolute atomic E-state index is 0.286. The number of para-hydroxylation sites is 1. The lowest BCUT2D eigenvalue weighted by molar-refractivity contribution is 0.587. The third kappa shape index (κ3) is 4.74. The fourth-order valence-electron chi connectivity index (χ4n) is 2.72. The Bertz CT molecular complexity index is 1040. The summed E-state index contributed by atoms with van der Waals surface area (Å²) in [4.78, 5) is 13.2. The molecule has 3 rings (SSSR count). The number of aliphatic imine (C=N–C) groups is 2. The molecule has 0 spiro atoms. The Hall–Kier alpha value is -3.21. The lowest BCUT2D eigenvalue weighted by atomic mass is 10.1. The zero-order chi connectivity index (χ0) is 20.1. The number of aromatic nitrogens is 1. The third-order valence-corrected chi connectivity index (χ3v) is 4.29. The van der Waals surface area contributed by atoms with Crippen molar-refractivity contribution in [2.24, 2.45) is 9.98 Å². The molecular weight excluding hydrogens is 356 g/mol. The Morgan fingerprint density at radius 2 is 1.71 bits per heavy atom. The second kappa shape index (κ2) is 8.65. The topological polar surface area (TPSA) is 37.6 Å². The number of benzene rings is 2. The van der Waals surface area contributed by atoms with E-state index in [4.69, 9.17) is 4.99 Å². The molecule has 3 nitrogen and oxygen atoms in total. The summed E-state index contributed by atoms with van der Waals surface area (Å²) in [6.45, 7) is 5.97. The van der Waals surface area contributed by atoms with Crippen molar-refractivity contribution in [1.82, 2.24) is 4.98 Å². The van der Waals surface area contributed by atoms with Crippen LogP contribution in [0.2, 0.25) is 0 Å². The normalized spacial score (nSPS) is 12.0. The first-order valence-electron chi connectivity index (χ1n) is 8.99. The summed E-state index contributed by atoms with van der Waals surface area (Å²) in [5.74, 6) is -1.37. The Morgan fingerprint density at radius 3 is 2.46 bits per heavy atom. The largest absolute Gasteiger partial charge is 0.255 e. The first-order chi connectivity index (χ1) is 13.4. The summed E-state index contributed by atoms with van der Waals surface area (Å²) < 4.78 is 27.3. The van der Waals surface area contributed by atoms with E-state index in [1.165, 1.54) is 24.4 Å². The molecular formula is C23H21F2N3. The van der Waals surface area contributed by atoms with Crippen LogP contribution in [0.15, 0.2) is 64.6 Å². The summed E-state index contributed by atoms with van der Waals surface area (Å²) in [5.41, 5.74) is 5.17.